The fraction of sp³-hybridized carbons (Fsp3) is 0.138. The molecule has 0 radical (unpaired) electrons. The van der Waals surface area contributed by atoms with Crippen LogP contribution in [-0.4, -0.2) is 36.3 Å². The second kappa shape index (κ2) is 12.1. The fourth-order valence-corrected chi connectivity index (χ4v) is 3.96. The third-order valence-corrected chi connectivity index (χ3v) is 5.76. The van der Waals surface area contributed by atoms with E-state index >= 15 is 0 Å². The number of thiol groups is 1. The van der Waals surface area contributed by atoms with Gasteiger partial charge in [-0.15, -0.1) is 12.6 Å². The SMILES string of the molecule is O=C(S)/C(=C\N1CCOCC1)c1ccccc1.c1ccc(Nc2cccc3ccccc23)cc1. The van der Waals surface area contributed by atoms with Gasteiger partial charge in [-0.25, -0.2) is 0 Å². The van der Waals surface area contributed by atoms with E-state index in [9.17, 15) is 4.79 Å². The van der Waals surface area contributed by atoms with Crippen molar-refractivity contribution in [1.82, 2.24) is 4.90 Å². The molecule has 1 aliphatic heterocycles. The van der Waals surface area contributed by atoms with Crippen LogP contribution in [0.2, 0.25) is 0 Å². The van der Waals surface area contributed by atoms with Gasteiger partial charge in [0.15, 0.2) is 0 Å². The number of fused-ring (bicyclic) bond motifs is 1. The average molecular weight is 469 g/mol. The topological polar surface area (TPSA) is 41.6 Å². The first-order valence-corrected chi connectivity index (χ1v) is 11.8. The molecule has 5 rings (SSSR count). The molecule has 172 valence electrons. The lowest BCUT2D eigenvalue weighted by molar-refractivity contribution is -0.106. The summed E-state index contributed by atoms with van der Waals surface area (Å²) < 4.78 is 5.27. The van der Waals surface area contributed by atoms with E-state index < -0.39 is 0 Å². The molecule has 34 heavy (non-hydrogen) atoms. The lowest BCUT2D eigenvalue weighted by Gasteiger charge is -2.26. The average Bonchev–Trinajstić information content (AvgIpc) is 2.89. The summed E-state index contributed by atoms with van der Waals surface area (Å²) >= 11 is 3.94. The van der Waals surface area contributed by atoms with E-state index in [1.807, 2.05) is 54.7 Å². The summed E-state index contributed by atoms with van der Waals surface area (Å²) in [5.41, 5.74) is 3.80. The number of morpholine rings is 1. The highest BCUT2D eigenvalue weighted by molar-refractivity contribution is 7.98. The third kappa shape index (κ3) is 6.50. The first-order chi connectivity index (χ1) is 16.7. The molecule has 1 aliphatic rings. The lowest BCUT2D eigenvalue weighted by Crippen LogP contribution is -2.32. The minimum absolute atomic E-state index is 0.206. The molecule has 0 aromatic heterocycles. The zero-order chi connectivity index (χ0) is 23.6. The number of benzene rings is 4. The zero-order valence-electron chi connectivity index (χ0n) is 18.9. The predicted octanol–water partition coefficient (Wildman–Crippen LogP) is 6.40. The Kier molecular flexibility index (Phi) is 8.38. The largest absolute Gasteiger partial charge is 0.378 e. The number of para-hydroxylation sites is 1. The van der Waals surface area contributed by atoms with Crippen LogP contribution in [0.25, 0.3) is 16.3 Å². The number of hydrogen-bond acceptors (Lipinski definition) is 4. The highest BCUT2D eigenvalue weighted by Crippen LogP contribution is 2.26. The Hall–Kier alpha value is -3.54. The van der Waals surface area contributed by atoms with Crippen molar-refractivity contribution in [2.24, 2.45) is 0 Å². The summed E-state index contributed by atoms with van der Waals surface area (Å²) in [6.07, 6.45) is 1.88. The van der Waals surface area contributed by atoms with Crippen LogP contribution in [0.4, 0.5) is 11.4 Å². The van der Waals surface area contributed by atoms with E-state index in [1.54, 1.807) is 0 Å². The number of anilines is 2. The van der Waals surface area contributed by atoms with E-state index in [4.69, 9.17) is 4.74 Å². The third-order valence-electron chi connectivity index (χ3n) is 5.51. The number of nitrogens with zero attached hydrogens (tertiary/aromatic N) is 1. The van der Waals surface area contributed by atoms with Crippen LogP contribution in [0, 0.1) is 0 Å². The van der Waals surface area contributed by atoms with Gasteiger partial charge in [0.25, 0.3) is 0 Å². The molecule has 1 saturated heterocycles. The van der Waals surface area contributed by atoms with Gasteiger partial charge in [-0.1, -0.05) is 84.9 Å². The molecule has 4 nitrogen and oxygen atoms in total. The molecule has 1 N–H and O–H groups in total. The van der Waals surface area contributed by atoms with Crippen LogP contribution in [0.1, 0.15) is 5.56 Å². The number of ether oxygens (including phenoxy) is 1. The molecule has 5 heteroatoms. The maximum atomic E-state index is 11.6. The summed E-state index contributed by atoms with van der Waals surface area (Å²) in [6, 6.07) is 34.5. The van der Waals surface area contributed by atoms with Gasteiger partial charge >= 0.3 is 0 Å². The Labute approximate surface area is 206 Å². The number of carbonyl (C=O) groups excluding carboxylic acids is 1. The van der Waals surface area contributed by atoms with E-state index in [0.717, 1.165) is 30.0 Å². The van der Waals surface area contributed by atoms with Crippen molar-refractivity contribution in [3.8, 4) is 0 Å². The van der Waals surface area contributed by atoms with Crippen LogP contribution in [-0.2, 0) is 9.53 Å². The van der Waals surface area contributed by atoms with Gasteiger partial charge in [-0.05, 0) is 29.1 Å². The molecule has 4 aromatic rings. The molecule has 0 spiro atoms. The van der Waals surface area contributed by atoms with Crippen molar-refractivity contribution in [1.29, 1.82) is 0 Å². The van der Waals surface area contributed by atoms with Gasteiger partial charge in [-0.2, -0.15) is 0 Å². The van der Waals surface area contributed by atoms with Gasteiger partial charge in [0, 0.05) is 36.1 Å². The van der Waals surface area contributed by atoms with Crippen LogP contribution in [0.5, 0.6) is 0 Å². The summed E-state index contributed by atoms with van der Waals surface area (Å²) in [6.45, 7) is 3.05. The van der Waals surface area contributed by atoms with Gasteiger partial charge in [0.1, 0.15) is 0 Å². The van der Waals surface area contributed by atoms with Crippen molar-refractivity contribution in [3.63, 3.8) is 0 Å². The number of nitrogens with one attached hydrogen (secondary N) is 1. The van der Waals surface area contributed by atoms with Gasteiger partial charge in [0.2, 0.25) is 5.12 Å². The highest BCUT2D eigenvalue weighted by atomic mass is 32.1. The Morgan fingerprint density at radius 2 is 1.41 bits per heavy atom. The lowest BCUT2D eigenvalue weighted by atomic mass is 10.1. The molecule has 0 bridgehead atoms. The molecule has 4 aromatic carbocycles. The van der Waals surface area contributed by atoms with Crippen LogP contribution < -0.4 is 5.32 Å². The van der Waals surface area contributed by atoms with Crippen molar-refractivity contribution in [2.45, 2.75) is 0 Å². The molecule has 1 heterocycles. The summed E-state index contributed by atoms with van der Waals surface area (Å²) in [7, 11) is 0. The van der Waals surface area contributed by atoms with Gasteiger partial charge in [-0.3, -0.25) is 4.79 Å². The van der Waals surface area contributed by atoms with Gasteiger partial charge in [0.05, 0.1) is 18.8 Å². The Balaban J connectivity index is 0.000000161. The first kappa shape index (κ1) is 23.6. The molecule has 0 unspecified atom stereocenters. The summed E-state index contributed by atoms with van der Waals surface area (Å²) in [5, 5.41) is 5.75. The maximum Gasteiger partial charge on any atom is 0.218 e. The number of carbonyl (C=O) groups is 1. The molecular formula is C29H28N2O2S. The highest BCUT2D eigenvalue weighted by Gasteiger charge is 2.12. The van der Waals surface area contributed by atoms with Crippen molar-refractivity contribution < 1.29 is 9.53 Å². The molecule has 1 fully saturated rings. The zero-order valence-corrected chi connectivity index (χ0v) is 19.8. The smallest absolute Gasteiger partial charge is 0.218 e. The predicted molar refractivity (Wildman–Crippen MR) is 144 cm³/mol. The standard InChI is InChI=1S/C16H13N.C13H15NO2S/c1-2-9-14(10-3-1)17-16-12-6-8-13-7-4-5-11-15(13)16;15-13(17)12(11-4-2-1-3-5-11)10-14-6-8-16-9-7-14/h1-12,17H;1-5,10H,6-9H2,(H,15,17)/b;12-10-. The van der Waals surface area contributed by atoms with E-state index in [0.29, 0.717) is 18.8 Å². The van der Waals surface area contributed by atoms with E-state index in [2.05, 4.69) is 77.4 Å². The summed E-state index contributed by atoms with van der Waals surface area (Å²) in [4.78, 5) is 13.7. The minimum atomic E-state index is -0.206. The monoisotopic (exact) mass is 468 g/mol. The second-order valence-electron chi connectivity index (χ2n) is 7.88. The van der Waals surface area contributed by atoms with Crippen LogP contribution >= 0.6 is 12.6 Å². The van der Waals surface area contributed by atoms with E-state index in [1.165, 1.54) is 10.8 Å². The molecule has 0 aliphatic carbocycles. The second-order valence-corrected chi connectivity index (χ2v) is 8.29. The minimum Gasteiger partial charge on any atom is -0.378 e. The van der Waals surface area contributed by atoms with Crippen LogP contribution in [0.3, 0.4) is 0 Å². The Bertz CT molecular complexity index is 1230. The molecular weight excluding hydrogens is 440 g/mol. The van der Waals surface area contributed by atoms with Crippen molar-refractivity contribution in [3.05, 3.63) is 115 Å². The molecule has 0 amide bonds. The van der Waals surface area contributed by atoms with Crippen molar-refractivity contribution >= 4 is 45.5 Å². The molecule has 0 atom stereocenters. The number of rotatable bonds is 5. The van der Waals surface area contributed by atoms with E-state index in [-0.39, 0.29) is 5.12 Å². The molecule has 0 saturated carbocycles. The van der Waals surface area contributed by atoms with Crippen molar-refractivity contribution in [2.75, 3.05) is 31.6 Å². The van der Waals surface area contributed by atoms with Crippen LogP contribution in [0.15, 0.2) is 109 Å². The maximum absolute atomic E-state index is 11.6. The van der Waals surface area contributed by atoms with Gasteiger partial charge < -0.3 is 15.0 Å². The quantitative estimate of drug-likeness (QED) is 0.263. The first-order valence-electron chi connectivity index (χ1n) is 11.3. The fourth-order valence-electron chi connectivity index (χ4n) is 3.77. The number of hydrogen-bond donors (Lipinski definition) is 2. The normalized spacial score (nSPS) is 13.7. The summed E-state index contributed by atoms with van der Waals surface area (Å²) in [5.74, 6) is 0. The Morgan fingerprint density at radius 3 is 2.12 bits per heavy atom. The Morgan fingerprint density at radius 1 is 0.794 bits per heavy atom.